The lowest BCUT2D eigenvalue weighted by Gasteiger charge is -2.12. The summed E-state index contributed by atoms with van der Waals surface area (Å²) in [6.45, 7) is 0.488. The molecule has 0 fully saturated rings. The average Bonchev–Trinajstić information content (AvgIpc) is 2.35. The number of rotatable bonds is 5. The van der Waals surface area contributed by atoms with Gasteiger partial charge < -0.3 is 20.6 Å². The molecule has 1 rings (SSSR count). The molecule has 3 N–H and O–H groups in total. The lowest BCUT2D eigenvalue weighted by Crippen LogP contribution is -2.37. The number of aromatic nitrogens is 1. The maximum absolute atomic E-state index is 13.6. The minimum Gasteiger partial charge on any atom is -0.478 e. The van der Waals surface area contributed by atoms with Crippen LogP contribution in [0.2, 0.25) is 0 Å². The monoisotopic (exact) mass is 270 g/mol. The van der Waals surface area contributed by atoms with E-state index >= 15 is 0 Å². The Morgan fingerprint density at radius 3 is 2.68 bits per heavy atom. The highest BCUT2D eigenvalue weighted by Crippen LogP contribution is 2.14. The minimum absolute atomic E-state index is 0.154. The third-order valence-electron chi connectivity index (χ3n) is 2.22. The van der Waals surface area contributed by atoms with Crippen LogP contribution in [0.4, 0.5) is 15.0 Å². The number of carboxylic acids is 1. The Labute approximate surface area is 109 Å². The number of urea groups is 1. The molecule has 0 spiro atoms. The first-order valence-electron chi connectivity index (χ1n) is 5.50. The Kier molecular flexibility index (Phi) is 5.04. The maximum atomic E-state index is 13.6. The van der Waals surface area contributed by atoms with Gasteiger partial charge in [0.1, 0.15) is 5.56 Å². The molecule has 0 aromatic carbocycles. The normalized spacial score (nSPS) is 9.84. The number of hydrogen-bond donors (Lipinski definition) is 3. The SMILES string of the molecule is CN(C)C(=O)NCCNc1nccc(C(=O)O)c1F. The summed E-state index contributed by atoms with van der Waals surface area (Å²) in [7, 11) is 3.20. The van der Waals surface area contributed by atoms with Gasteiger partial charge in [0.15, 0.2) is 11.6 Å². The van der Waals surface area contributed by atoms with Gasteiger partial charge in [-0.15, -0.1) is 0 Å². The van der Waals surface area contributed by atoms with E-state index in [-0.39, 0.29) is 24.9 Å². The van der Waals surface area contributed by atoms with Crippen molar-refractivity contribution in [3.05, 3.63) is 23.6 Å². The fourth-order valence-electron chi connectivity index (χ4n) is 1.24. The number of carbonyl (C=O) groups excluding carboxylic acids is 1. The molecule has 1 heterocycles. The van der Waals surface area contributed by atoms with Crippen LogP contribution in [0.15, 0.2) is 12.3 Å². The van der Waals surface area contributed by atoms with E-state index < -0.39 is 17.3 Å². The number of amides is 2. The largest absolute Gasteiger partial charge is 0.478 e. The smallest absolute Gasteiger partial charge is 0.338 e. The Hall–Kier alpha value is -2.38. The van der Waals surface area contributed by atoms with E-state index in [0.717, 1.165) is 6.07 Å². The van der Waals surface area contributed by atoms with Gasteiger partial charge in [0.2, 0.25) is 0 Å². The molecule has 0 aliphatic carbocycles. The minimum atomic E-state index is -1.36. The number of carbonyl (C=O) groups is 2. The van der Waals surface area contributed by atoms with Gasteiger partial charge in [-0.1, -0.05) is 0 Å². The maximum Gasteiger partial charge on any atom is 0.338 e. The van der Waals surface area contributed by atoms with Crippen molar-refractivity contribution >= 4 is 17.8 Å². The molecular weight excluding hydrogens is 255 g/mol. The quantitative estimate of drug-likeness (QED) is 0.681. The Bertz CT molecular complexity index is 479. The predicted octanol–water partition coefficient (Wildman–Crippen LogP) is 0.602. The van der Waals surface area contributed by atoms with E-state index in [1.807, 2.05) is 0 Å². The number of hydrogen-bond acceptors (Lipinski definition) is 4. The van der Waals surface area contributed by atoms with E-state index in [9.17, 15) is 14.0 Å². The van der Waals surface area contributed by atoms with Crippen LogP contribution in [0.25, 0.3) is 0 Å². The molecule has 0 bridgehead atoms. The van der Waals surface area contributed by atoms with Gasteiger partial charge in [0.25, 0.3) is 0 Å². The van der Waals surface area contributed by atoms with Crippen LogP contribution < -0.4 is 10.6 Å². The molecule has 0 saturated heterocycles. The van der Waals surface area contributed by atoms with Crippen LogP contribution in [0, 0.1) is 5.82 Å². The number of nitrogens with zero attached hydrogens (tertiary/aromatic N) is 2. The topological polar surface area (TPSA) is 94.6 Å². The lowest BCUT2D eigenvalue weighted by atomic mass is 10.2. The standard InChI is InChI=1S/C11H15FN4O3/c1-16(2)11(19)15-6-5-14-9-8(12)7(10(17)18)3-4-13-9/h3-4H,5-6H2,1-2H3,(H,13,14)(H,15,19)(H,17,18). The zero-order valence-corrected chi connectivity index (χ0v) is 10.6. The summed E-state index contributed by atoms with van der Waals surface area (Å²) in [5.74, 6) is -2.43. The summed E-state index contributed by atoms with van der Waals surface area (Å²) in [5.41, 5.74) is -0.449. The Morgan fingerprint density at radius 2 is 2.11 bits per heavy atom. The van der Waals surface area contributed by atoms with Gasteiger partial charge in [0, 0.05) is 33.4 Å². The second kappa shape index (κ2) is 6.53. The summed E-state index contributed by atoms with van der Waals surface area (Å²) in [6.07, 6.45) is 1.20. The van der Waals surface area contributed by atoms with Crippen LogP contribution in [0.1, 0.15) is 10.4 Å². The van der Waals surface area contributed by atoms with Crippen LogP contribution >= 0.6 is 0 Å². The molecule has 2 amide bonds. The molecule has 0 atom stereocenters. The van der Waals surface area contributed by atoms with Gasteiger partial charge in [-0.3, -0.25) is 0 Å². The third-order valence-corrected chi connectivity index (χ3v) is 2.22. The number of anilines is 1. The van der Waals surface area contributed by atoms with Crippen molar-refractivity contribution < 1.29 is 19.1 Å². The van der Waals surface area contributed by atoms with Gasteiger partial charge in [-0.2, -0.15) is 0 Å². The summed E-state index contributed by atoms with van der Waals surface area (Å²) < 4.78 is 13.6. The summed E-state index contributed by atoms with van der Waals surface area (Å²) in [4.78, 5) is 27.0. The molecule has 0 radical (unpaired) electrons. The first kappa shape index (κ1) is 14.7. The highest BCUT2D eigenvalue weighted by Gasteiger charge is 2.14. The fourth-order valence-corrected chi connectivity index (χ4v) is 1.24. The van der Waals surface area contributed by atoms with Crippen LogP contribution in [0.3, 0.4) is 0 Å². The van der Waals surface area contributed by atoms with E-state index in [1.54, 1.807) is 14.1 Å². The van der Waals surface area contributed by atoms with Crippen molar-refractivity contribution in [3.63, 3.8) is 0 Å². The fraction of sp³-hybridized carbons (Fsp3) is 0.364. The van der Waals surface area contributed by atoms with Gasteiger partial charge >= 0.3 is 12.0 Å². The molecule has 0 unspecified atom stereocenters. The zero-order chi connectivity index (χ0) is 14.4. The molecular formula is C11H15FN4O3. The van der Waals surface area contributed by atoms with Gasteiger partial charge in [0.05, 0.1) is 0 Å². The second-order valence-electron chi connectivity index (χ2n) is 3.88. The molecule has 8 heteroatoms. The molecule has 1 aromatic rings. The Balaban J connectivity index is 2.53. The summed E-state index contributed by atoms with van der Waals surface area (Å²) in [6, 6.07) is 0.811. The van der Waals surface area contributed by atoms with Crippen molar-refractivity contribution in [1.82, 2.24) is 15.2 Å². The van der Waals surface area contributed by atoms with E-state index in [1.165, 1.54) is 11.1 Å². The highest BCUT2D eigenvalue weighted by atomic mass is 19.1. The highest BCUT2D eigenvalue weighted by molar-refractivity contribution is 5.88. The molecule has 1 aromatic heterocycles. The lowest BCUT2D eigenvalue weighted by molar-refractivity contribution is 0.0692. The molecule has 0 saturated carbocycles. The summed E-state index contributed by atoms with van der Waals surface area (Å²) >= 11 is 0. The second-order valence-corrected chi connectivity index (χ2v) is 3.88. The van der Waals surface area contributed by atoms with Gasteiger partial charge in [-0.25, -0.2) is 19.0 Å². The number of pyridine rings is 1. The zero-order valence-electron chi connectivity index (χ0n) is 10.6. The Morgan fingerprint density at radius 1 is 1.42 bits per heavy atom. The first-order chi connectivity index (χ1) is 8.93. The van der Waals surface area contributed by atoms with E-state index in [2.05, 4.69) is 15.6 Å². The molecule has 0 aliphatic heterocycles. The number of carboxylic acid groups (broad SMARTS) is 1. The van der Waals surface area contributed by atoms with Gasteiger partial charge in [-0.05, 0) is 6.07 Å². The van der Waals surface area contributed by atoms with E-state index in [4.69, 9.17) is 5.11 Å². The van der Waals surface area contributed by atoms with Crippen molar-refractivity contribution in [2.24, 2.45) is 0 Å². The van der Waals surface area contributed by atoms with Crippen molar-refractivity contribution in [2.75, 3.05) is 32.5 Å². The number of aromatic carboxylic acids is 1. The predicted molar refractivity (Wildman–Crippen MR) is 66.7 cm³/mol. The van der Waals surface area contributed by atoms with Crippen molar-refractivity contribution in [3.8, 4) is 0 Å². The van der Waals surface area contributed by atoms with Crippen LogP contribution in [-0.2, 0) is 0 Å². The third kappa shape index (κ3) is 4.09. The van der Waals surface area contributed by atoms with E-state index in [0.29, 0.717) is 0 Å². The molecule has 104 valence electrons. The molecule has 19 heavy (non-hydrogen) atoms. The average molecular weight is 270 g/mol. The molecule has 0 aliphatic rings. The number of nitrogens with one attached hydrogen (secondary N) is 2. The molecule has 7 nitrogen and oxygen atoms in total. The van der Waals surface area contributed by atoms with Crippen LogP contribution in [0.5, 0.6) is 0 Å². The van der Waals surface area contributed by atoms with Crippen LogP contribution in [-0.4, -0.2) is 54.2 Å². The van der Waals surface area contributed by atoms with Crippen molar-refractivity contribution in [2.45, 2.75) is 0 Å². The summed E-state index contributed by atoms with van der Waals surface area (Å²) in [5, 5.41) is 13.9. The first-order valence-corrected chi connectivity index (χ1v) is 5.50. The number of halogens is 1. The van der Waals surface area contributed by atoms with Crippen molar-refractivity contribution in [1.29, 1.82) is 0 Å².